The molecule has 2 aromatic rings. The Labute approximate surface area is 179 Å². The first-order valence-electron chi connectivity index (χ1n) is 9.87. The van der Waals surface area contributed by atoms with Gasteiger partial charge in [0.2, 0.25) is 0 Å². The van der Waals surface area contributed by atoms with E-state index in [9.17, 15) is 22.0 Å². The minimum absolute atomic E-state index is 0.0371. The maximum Gasteiger partial charge on any atom is 0.256 e. The molecular formula is C24H24F5NO. The molecular weight excluding hydrogens is 413 g/mol. The van der Waals surface area contributed by atoms with Gasteiger partial charge in [-0.05, 0) is 18.6 Å². The highest BCUT2D eigenvalue weighted by Gasteiger charge is 2.32. The first-order valence-corrected chi connectivity index (χ1v) is 9.87. The van der Waals surface area contributed by atoms with Crippen molar-refractivity contribution in [1.29, 1.82) is 0 Å². The van der Waals surface area contributed by atoms with Crippen LogP contribution in [-0.2, 0) is 0 Å². The average Bonchev–Trinajstić information content (AvgIpc) is 2.74. The van der Waals surface area contributed by atoms with Crippen molar-refractivity contribution < 1.29 is 26.7 Å². The first kappa shape index (κ1) is 24.2. The van der Waals surface area contributed by atoms with E-state index in [-0.39, 0.29) is 23.6 Å². The van der Waals surface area contributed by atoms with Crippen LogP contribution in [0.25, 0.3) is 11.3 Å². The molecule has 0 fully saturated rings. The normalized spacial score (nSPS) is 13.8. The van der Waals surface area contributed by atoms with Crippen LogP contribution in [0.1, 0.15) is 31.9 Å². The Kier molecular flexibility index (Phi) is 8.42. The molecule has 166 valence electrons. The van der Waals surface area contributed by atoms with Gasteiger partial charge in [0.05, 0.1) is 30.1 Å². The highest BCUT2D eigenvalue weighted by Crippen LogP contribution is 2.42. The summed E-state index contributed by atoms with van der Waals surface area (Å²) in [5, 5.41) is 0. The second kappa shape index (κ2) is 10.8. The molecule has 31 heavy (non-hydrogen) atoms. The molecule has 3 rings (SSSR count). The summed E-state index contributed by atoms with van der Waals surface area (Å²) < 4.78 is 76.0. The summed E-state index contributed by atoms with van der Waals surface area (Å²) in [6.07, 6.45) is -1.84. The zero-order chi connectivity index (χ0) is 23.1. The molecule has 0 bridgehead atoms. The van der Waals surface area contributed by atoms with Crippen molar-refractivity contribution >= 4 is 11.3 Å². The first-order chi connectivity index (χ1) is 14.8. The van der Waals surface area contributed by atoms with E-state index in [0.717, 1.165) is 23.1 Å². The third-order valence-electron chi connectivity index (χ3n) is 4.37. The molecule has 0 unspecified atom stereocenters. The number of alkyl halides is 2. The summed E-state index contributed by atoms with van der Waals surface area (Å²) >= 11 is 0. The number of nitrogens with zero attached hydrogens (tertiary/aromatic N) is 1. The Morgan fingerprint density at radius 3 is 2.10 bits per heavy atom. The Bertz CT molecular complexity index is 960. The van der Waals surface area contributed by atoms with Gasteiger partial charge in [-0.3, -0.25) is 0 Å². The monoisotopic (exact) mass is 437 g/mol. The van der Waals surface area contributed by atoms with Crippen molar-refractivity contribution in [2.45, 2.75) is 27.2 Å². The SMILES string of the molecule is C=C1C(F)=CC(c2ccccc2)=C(c2c(F)cc(OCC)cc2F)N1CC(F)F.CC. The lowest BCUT2D eigenvalue weighted by atomic mass is 9.93. The van der Waals surface area contributed by atoms with Crippen LogP contribution in [0.15, 0.2) is 66.6 Å². The molecule has 0 spiro atoms. The molecule has 0 atom stereocenters. The fraction of sp³-hybridized carbons (Fsp3) is 0.250. The van der Waals surface area contributed by atoms with Crippen LogP contribution in [-0.4, -0.2) is 24.5 Å². The van der Waals surface area contributed by atoms with Gasteiger partial charge in [0.1, 0.15) is 23.2 Å². The number of hydrogen-bond acceptors (Lipinski definition) is 2. The zero-order valence-electron chi connectivity index (χ0n) is 17.6. The quantitative estimate of drug-likeness (QED) is 0.443. The van der Waals surface area contributed by atoms with E-state index in [1.165, 1.54) is 0 Å². The van der Waals surface area contributed by atoms with Crippen molar-refractivity contribution in [3.63, 3.8) is 0 Å². The fourth-order valence-corrected chi connectivity index (χ4v) is 3.16. The summed E-state index contributed by atoms with van der Waals surface area (Å²) in [6.45, 7) is 8.36. The van der Waals surface area contributed by atoms with Crippen molar-refractivity contribution in [2.24, 2.45) is 0 Å². The molecule has 0 saturated heterocycles. The minimum Gasteiger partial charge on any atom is -0.494 e. The largest absolute Gasteiger partial charge is 0.494 e. The van der Waals surface area contributed by atoms with Gasteiger partial charge < -0.3 is 9.64 Å². The molecule has 1 aliphatic rings. The Morgan fingerprint density at radius 2 is 1.58 bits per heavy atom. The highest BCUT2D eigenvalue weighted by molar-refractivity contribution is 5.97. The maximum absolute atomic E-state index is 14.9. The molecule has 0 N–H and O–H groups in total. The number of halogens is 5. The second-order valence-corrected chi connectivity index (χ2v) is 6.26. The Hall–Kier alpha value is -3.09. The van der Waals surface area contributed by atoms with E-state index in [1.54, 1.807) is 37.3 Å². The second-order valence-electron chi connectivity index (χ2n) is 6.26. The summed E-state index contributed by atoms with van der Waals surface area (Å²) in [4.78, 5) is 0.810. The van der Waals surface area contributed by atoms with Gasteiger partial charge in [-0.1, -0.05) is 50.8 Å². The van der Waals surface area contributed by atoms with E-state index in [4.69, 9.17) is 4.74 Å². The van der Waals surface area contributed by atoms with Crippen LogP contribution in [0.5, 0.6) is 5.75 Å². The van der Waals surface area contributed by atoms with Crippen molar-refractivity contribution in [2.75, 3.05) is 13.2 Å². The van der Waals surface area contributed by atoms with Crippen molar-refractivity contribution in [1.82, 2.24) is 4.90 Å². The molecule has 0 amide bonds. The lowest BCUT2D eigenvalue weighted by Gasteiger charge is -2.34. The number of benzene rings is 2. The summed E-state index contributed by atoms with van der Waals surface area (Å²) in [6, 6.07) is 10.1. The number of hydrogen-bond donors (Lipinski definition) is 0. The van der Waals surface area contributed by atoms with Crippen LogP contribution in [0.3, 0.4) is 0 Å². The number of rotatable bonds is 6. The molecule has 2 nitrogen and oxygen atoms in total. The van der Waals surface area contributed by atoms with Crippen LogP contribution < -0.4 is 4.74 Å². The smallest absolute Gasteiger partial charge is 0.256 e. The minimum atomic E-state index is -2.89. The third kappa shape index (κ3) is 5.34. The molecule has 0 aromatic heterocycles. The maximum atomic E-state index is 14.9. The van der Waals surface area contributed by atoms with Crippen LogP contribution in [0.4, 0.5) is 22.0 Å². The van der Waals surface area contributed by atoms with Crippen LogP contribution in [0, 0.1) is 11.6 Å². The lowest BCUT2D eigenvalue weighted by Crippen LogP contribution is -2.30. The van der Waals surface area contributed by atoms with E-state index in [1.807, 2.05) is 13.8 Å². The molecule has 0 radical (unpaired) electrons. The van der Waals surface area contributed by atoms with Gasteiger partial charge in [0.25, 0.3) is 6.43 Å². The van der Waals surface area contributed by atoms with Crippen molar-refractivity contribution in [3.05, 3.63) is 89.4 Å². The van der Waals surface area contributed by atoms with E-state index >= 15 is 0 Å². The molecule has 0 saturated carbocycles. The standard InChI is InChI=1S/C22H18F5NO.C2H6/c1-3-29-15-9-18(24)21(19(25)10-15)22-16(14-7-5-4-6-8-14)11-17(23)13(2)28(22)12-20(26)27;1-2/h4-11,20H,2-3,12H2,1H3;1-2H3. The Balaban J connectivity index is 0.00000166. The third-order valence-corrected chi connectivity index (χ3v) is 4.37. The van der Waals surface area contributed by atoms with Gasteiger partial charge in [0.15, 0.2) is 0 Å². The van der Waals surface area contributed by atoms with Gasteiger partial charge >= 0.3 is 0 Å². The van der Waals surface area contributed by atoms with Crippen LogP contribution >= 0.6 is 0 Å². The zero-order valence-corrected chi connectivity index (χ0v) is 17.6. The number of allylic oxidation sites excluding steroid dienone is 3. The van der Waals surface area contributed by atoms with Crippen LogP contribution in [0.2, 0.25) is 0 Å². The molecule has 1 heterocycles. The highest BCUT2D eigenvalue weighted by atomic mass is 19.3. The van der Waals surface area contributed by atoms with Gasteiger partial charge in [-0.25, -0.2) is 22.0 Å². The van der Waals surface area contributed by atoms with E-state index in [0.29, 0.717) is 5.56 Å². The molecule has 0 aliphatic carbocycles. The molecule has 1 aliphatic heterocycles. The lowest BCUT2D eigenvalue weighted by molar-refractivity contribution is 0.122. The average molecular weight is 437 g/mol. The van der Waals surface area contributed by atoms with Gasteiger partial charge in [-0.2, -0.15) is 0 Å². The molecule has 2 aromatic carbocycles. The van der Waals surface area contributed by atoms with E-state index < -0.39 is 41.7 Å². The van der Waals surface area contributed by atoms with Gasteiger partial charge in [0, 0.05) is 17.7 Å². The summed E-state index contributed by atoms with van der Waals surface area (Å²) in [5.74, 6) is -2.93. The van der Waals surface area contributed by atoms with Gasteiger partial charge in [-0.15, -0.1) is 0 Å². The fourth-order valence-electron chi connectivity index (χ4n) is 3.16. The predicted octanol–water partition coefficient (Wildman–Crippen LogP) is 7.21. The Morgan fingerprint density at radius 1 is 1.00 bits per heavy atom. The predicted molar refractivity (Wildman–Crippen MR) is 113 cm³/mol. The summed E-state index contributed by atoms with van der Waals surface area (Å²) in [5.41, 5.74) is -0.693. The van der Waals surface area contributed by atoms with E-state index in [2.05, 4.69) is 6.58 Å². The van der Waals surface area contributed by atoms with Crippen molar-refractivity contribution in [3.8, 4) is 5.75 Å². The molecule has 7 heteroatoms. The summed E-state index contributed by atoms with van der Waals surface area (Å²) in [7, 11) is 0. The number of ether oxygens (including phenoxy) is 1. The topological polar surface area (TPSA) is 12.5 Å².